The molecule has 2 aliphatic heterocycles. The van der Waals surface area contributed by atoms with E-state index in [0.29, 0.717) is 0 Å². The van der Waals surface area contributed by atoms with Crippen LogP contribution < -0.4 is 15.4 Å². The number of halogens is 1. The number of aliphatic imine (C=N–C) groups is 1. The van der Waals surface area contributed by atoms with E-state index in [0.717, 1.165) is 57.3 Å². The molecule has 0 aliphatic carbocycles. The van der Waals surface area contributed by atoms with E-state index in [1.165, 1.54) is 5.56 Å². The number of benzene rings is 1. The van der Waals surface area contributed by atoms with E-state index in [9.17, 15) is 0 Å². The number of nitrogens with zero attached hydrogens (tertiary/aromatic N) is 1. The molecule has 1 aromatic rings. The Morgan fingerprint density at radius 2 is 2.04 bits per heavy atom. The zero-order chi connectivity index (χ0) is 16.8. The summed E-state index contributed by atoms with van der Waals surface area (Å²) >= 11 is 1.94. The van der Waals surface area contributed by atoms with Gasteiger partial charge in [0.1, 0.15) is 5.75 Å². The van der Waals surface area contributed by atoms with Gasteiger partial charge in [-0.3, -0.25) is 4.99 Å². The first-order chi connectivity index (χ1) is 11.8. The topological polar surface area (TPSA) is 54.9 Å². The van der Waals surface area contributed by atoms with Crippen LogP contribution in [-0.2, 0) is 4.74 Å². The molecule has 0 spiro atoms. The maximum atomic E-state index is 5.74. The minimum Gasteiger partial charge on any atom is -0.493 e. The number of fused-ring (bicyclic) bond motifs is 1. The molecule has 25 heavy (non-hydrogen) atoms. The predicted octanol–water partition coefficient (Wildman–Crippen LogP) is 3.21. The van der Waals surface area contributed by atoms with Gasteiger partial charge in [0.15, 0.2) is 5.96 Å². The second-order valence-corrected chi connectivity index (χ2v) is 7.57. The van der Waals surface area contributed by atoms with Gasteiger partial charge in [-0.05, 0) is 25.2 Å². The van der Waals surface area contributed by atoms with E-state index in [1.807, 2.05) is 30.9 Å². The van der Waals surface area contributed by atoms with Crippen molar-refractivity contribution in [2.24, 2.45) is 4.99 Å². The Kier molecular flexibility index (Phi) is 8.15. The Bertz CT molecular complexity index is 579. The normalized spacial score (nSPS) is 22.2. The van der Waals surface area contributed by atoms with Gasteiger partial charge in [0, 0.05) is 43.5 Å². The zero-order valence-electron chi connectivity index (χ0n) is 14.9. The Labute approximate surface area is 171 Å². The number of nitrogens with one attached hydrogen (secondary N) is 2. The summed E-state index contributed by atoms with van der Waals surface area (Å²) in [7, 11) is 1.83. The van der Waals surface area contributed by atoms with Crippen molar-refractivity contribution in [3.63, 3.8) is 0 Å². The van der Waals surface area contributed by atoms with Crippen molar-refractivity contribution in [1.82, 2.24) is 10.6 Å². The van der Waals surface area contributed by atoms with Crippen molar-refractivity contribution in [2.45, 2.75) is 30.1 Å². The minimum atomic E-state index is 0. The number of guanidine groups is 1. The number of hydrogen-bond acceptors (Lipinski definition) is 4. The number of para-hydroxylation sites is 1. The van der Waals surface area contributed by atoms with Gasteiger partial charge in [-0.15, -0.1) is 24.0 Å². The lowest BCUT2D eigenvalue weighted by Crippen LogP contribution is -2.48. The first-order valence-electron chi connectivity index (χ1n) is 8.58. The number of ether oxygens (including phenoxy) is 2. The van der Waals surface area contributed by atoms with Crippen LogP contribution in [0.3, 0.4) is 0 Å². The summed E-state index contributed by atoms with van der Waals surface area (Å²) in [5.41, 5.74) is 1.21. The largest absolute Gasteiger partial charge is 0.493 e. The molecule has 1 fully saturated rings. The Hall–Kier alpha value is -0.670. The predicted molar refractivity (Wildman–Crippen MR) is 116 cm³/mol. The molecule has 2 N–H and O–H groups in total. The van der Waals surface area contributed by atoms with Gasteiger partial charge in [-0.25, -0.2) is 0 Å². The molecule has 140 valence electrons. The number of hydrogen-bond donors (Lipinski definition) is 2. The molecule has 7 heteroatoms. The van der Waals surface area contributed by atoms with Gasteiger partial charge in [-0.1, -0.05) is 18.2 Å². The SMILES string of the molecule is CN=C(NCC1(SC)CCOCC1)NC1CCOc2ccccc21.I. The van der Waals surface area contributed by atoms with E-state index < -0.39 is 0 Å². The van der Waals surface area contributed by atoms with Crippen molar-refractivity contribution >= 4 is 41.7 Å². The van der Waals surface area contributed by atoms with E-state index in [4.69, 9.17) is 9.47 Å². The number of thioether (sulfide) groups is 1. The molecule has 0 aromatic heterocycles. The molecule has 2 aliphatic rings. The molecule has 0 saturated carbocycles. The van der Waals surface area contributed by atoms with E-state index in [1.54, 1.807) is 0 Å². The standard InChI is InChI=1S/C18H27N3O2S.HI/c1-19-17(20-13-18(24-2)8-11-22-12-9-18)21-15-7-10-23-16-6-4-3-5-14(15)16;/h3-6,15H,7-13H2,1-2H3,(H2,19,20,21);1H. The first-order valence-corrected chi connectivity index (χ1v) is 9.81. The highest BCUT2D eigenvalue weighted by Gasteiger charge is 2.32. The van der Waals surface area contributed by atoms with Crippen LogP contribution in [0.1, 0.15) is 30.9 Å². The summed E-state index contributed by atoms with van der Waals surface area (Å²) in [6, 6.07) is 8.47. The van der Waals surface area contributed by atoms with Gasteiger partial charge in [0.2, 0.25) is 0 Å². The Morgan fingerprint density at radius 1 is 1.28 bits per heavy atom. The zero-order valence-corrected chi connectivity index (χ0v) is 18.1. The first kappa shape index (κ1) is 20.6. The summed E-state index contributed by atoms with van der Waals surface area (Å²) in [6.45, 7) is 3.34. The van der Waals surface area contributed by atoms with Crippen molar-refractivity contribution < 1.29 is 9.47 Å². The third-order valence-corrected chi connectivity index (χ3v) is 6.33. The molecule has 0 bridgehead atoms. The highest BCUT2D eigenvalue weighted by Crippen LogP contribution is 2.33. The van der Waals surface area contributed by atoms with E-state index >= 15 is 0 Å². The molecular formula is C18H28IN3O2S. The minimum absolute atomic E-state index is 0. The van der Waals surface area contributed by atoms with Gasteiger partial charge >= 0.3 is 0 Å². The average Bonchev–Trinajstić information content (AvgIpc) is 2.66. The maximum Gasteiger partial charge on any atom is 0.191 e. The van der Waals surface area contributed by atoms with E-state index in [2.05, 4.69) is 34.0 Å². The highest BCUT2D eigenvalue weighted by molar-refractivity contribution is 14.0. The summed E-state index contributed by atoms with van der Waals surface area (Å²) in [4.78, 5) is 4.42. The van der Waals surface area contributed by atoms with Crippen LogP contribution in [-0.4, -0.2) is 50.4 Å². The number of rotatable bonds is 4. The summed E-state index contributed by atoms with van der Waals surface area (Å²) in [5, 5.41) is 7.09. The fourth-order valence-corrected chi connectivity index (χ4v) is 4.08. The highest BCUT2D eigenvalue weighted by atomic mass is 127. The Balaban J connectivity index is 0.00000225. The van der Waals surface area contributed by atoms with Crippen LogP contribution in [0, 0.1) is 0 Å². The quantitative estimate of drug-likeness (QED) is 0.397. The van der Waals surface area contributed by atoms with Crippen molar-refractivity contribution in [3.05, 3.63) is 29.8 Å². The molecule has 1 atom stereocenters. The second-order valence-electron chi connectivity index (χ2n) is 6.30. The fourth-order valence-electron chi connectivity index (χ4n) is 3.29. The molecule has 2 heterocycles. The average molecular weight is 477 g/mol. The molecule has 3 rings (SSSR count). The maximum absolute atomic E-state index is 5.74. The summed E-state index contributed by atoms with van der Waals surface area (Å²) in [6.07, 6.45) is 5.30. The molecular weight excluding hydrogens is 449 g/mol. The third-order valence-electron chi connectivity index (χ3n) is 4.91. The summed E-state index contributed by atoms with van der Waals surface area (Å²) < 4.78 is 11.5. The Morgan fingerprint density at radius 3 is 2.76 bits per heavy atom. The van der Waals surface area contributed by atoms with Gasteiger partial charge < -0.3 is 20.1 Å². The van der Waals surface area contributed by atoms with Crippen LogP contribution in [0.4, 0.5) is 0 Å². The smallest absolute Gasteiger partial charge is 0.191 e. The molecule has 0 radical (unpaired) electrons. The fraction of sp³-hybridized carbons (Fsp3) is 0.611. The van der Waals surface area contributed by atoms with Gasteiger partial charge in [0.05, 0.1) is 12.6 Å². The lowest BCUT2D eigenvalue weighted by Gasteiger charge is -2.36. The van der Waals surface area contributed by atoms with E-state index in [-0.39, 0.29) is 34.8 Å². The van der Waals surface area contributed by atoms with Gasteiger partial charge in [-0.2, -0.15) is 11.8 Å². The van der Waals surface area contributed by atoms with Crippen LogP contribution >= 0.6 is 35.7 Å². The lowest BCUT2D eigenvalue weighted by atomic mass is 9.99. The molecule has 1 saturated heterocycles. The third kappa shape index (κ3) is 5.17. The van der Waals surface area contributed by atoms with Crippen LogP contribution in [0.25, 0.3) is 0 Å². The van der Waals surface area contributed by atoms with Crippen molar-refractivity contribution in [1.29, 1.82) is 0 Å². The second kappa shape index (κ2) is 9.87. The lowest BCUT2D eigenvalue weighted by molar-refractivity contribution is 0.0782. The summed E-state index contributed by atoms with van der Waals surface area (Å²) in [5.74, 6) is 1.83. The molecule has 0 amide bonds. The van der Waals surface area contributed by atoms with Crippen molar-refractivity contribution in [3.8, 4) is 5.75 Å². The van der Waals surface area contributed by atoms with Crippen LogP contribution in [0.5, 0.6) is 5.75 Å². The van der Waals surface area contributed by atoms with Gasteiger partial charge in [0.25, 0.3) is 0 Å². The van der Waals surface area contributed by atoms with Crippen LogP contribution in [0.2, 0.25) is 0 Å². The van der Waals surface area contributed by atoms with Crippen LogP contribution in [0.15, 0.2) is 29.3 Å². The molecule has 1 unspecified atom stereocenters. The monoisotopic (exact) mass is 477 g/mol. The van der Waals surface area contributed by atoms with Crippen molar-refractivity contribution in [2.75, 3.05) is 39.7 Å². The molecule has 5 nitrogen and oxygen atoms in total. The molecule has 1 aromatic carbocycles.